The number of hydrogen-bond donors (Lipinski definition) is 1. The molecule has 0 spiro atoms. The second-order valence-corrected chi connectivity index (χ2v) is 6.47. The maximum absolute atomic E-state index is 12.3. The Labute approximate surface area is 85.3 Å². The van der Waals surface area contributed by atoms with E-state index in [0.29, 0.717) is 6.16 Å². The number of aliphatic hydroxyl groups excluding tert-OH is 1. The molecule has 0 fully saturated rings. The van der Waals surface area contributed by atoms with Gasteiger partial charge in [0.05, 0.1) is 0 Å². The predicted molar refractivity (Wildman–Crippen MR) is 60.5 cm³/mol. The Morgan fingerprint density at radius 3 is 2.43 bits per heavy atom. The van der Waals surface area contributed by atoms with Gasteiger partial charge in [-0.2, -0.15) is 0 Å². The maximum atomic E-state index is 12.3. The molecule has 1 N–H and O–H groups in total. The lowest BCUT2D eigenvalue weighted by Crippen LogP contribution is -2.10. The summed E-state index contributed by atoms with van der Waals surface area (Å²) in [5, 5.41) is 10.0. The zero-order chi connectivity index (χ0) is 10.4. The third-order valence-electron chi connectivity index (χ3n) is 2.33. The second-order valence-electron chi connectivity index (χ2n) is 3.44. The summed E-state index contributed by atoms with van der Waals surface area (Å²) in [6.07, 6.45) is 2.32. The monoisotopic (exact) mass is 212 g/mol. The molecule has 78 valence electrons. The first-order valence-electron chi connectivity index (χ1n) is 4.97. The van der Waals surface area contributed by atoms with Gasteiger partial charge < -0.3 is 9.67 Å². The van der Waals surface area contributed by atoms with Gasteiger partial charge in [0.25, 0.3) is 0 Å². The van der Waals surface area contributed by atoms with Gasteiger partial charge in [-0.25, -0.2) is 0 Å². The molecule has 1 unspecified atom stereocenters. The summed E-state index contributed by atoms with van der Waals surface area (Å²) in [5.74, 6) is 0. The standard InChI is InChI=1S/C11H17O2P/c1-2-3-9-14(13,10-12)11-7-5-4-6-8-11/h4-8,12H,2-3,9-10H2,1H3. The van der Waals surface area contributed by atoms with Crippen LogP contribution in [0.4, 0.5) is 0 Å². The molecule has 0 aliphatic heterocycles. The third-order valence-corrected chi connectivity index (χ3v) is 5.06. The van der Waals surface area contributed by atoms with Crippen molar-refractivity contribution in [1.82, 2.24) is 0 Å². The van der Waals surface area contributed by atoms with Crippen molar-refractivity contribution in [2.24, 2.45) is 0 Å². The Morgan fingerprint density at radius 1 is 1.29 bits per heavy atom. The molecule has 1 aromatic carbocycles. The fourth-order valence-electron chi connectivity index (χ4n) is 1.39. The van der Waals surface area contributed by atoms with Crippen molar-refractivity contribution in [3.63, 3.8) is 0 Å². The van der Waals surface area contributed by atoms with Crippen LogP contribution in [0.5, 0.6) is 0 Å². The van der Waals surface area contributed by atoms with Crippen molar-refractivity contribution >= 4 is 12.4 Å². The molecule has 0 aliphatic rings. The molecule has 0 bridgehead atoms. The highest BCUT2D eigenvalue weighted by Gasteiger charge is 2.22. The van der Waals surface area contributed by atoms with Gasteiger partial charge in [0.1, 0.15) is 13.5 Å². The van der Waals surface area contributed by atoms with E-state index in [1.807, 2.05) is 30.3 Å². The molecule has 2 nitrogen and oxygen atoms in total. The fourth-order valence-corrected chi connectivity index (χ4v) is 3.50. The zero-order valence-electron chi connectivity index (χ0n) is 8.52. The quantitative estimate of drug-likeness (QED) is 0.761. The molecule has 0 saturated heterocycles. The molecular weight excluding hydrogens is 195 g/mol. The highest BCUT2D eigenvalue weighted by molar-refractivity contribution is 7.71. The van der Waals surface area contributed by atoms with Crippen LogP contribution in [-0.4, -0.2) is 17.6 Å². The predicted octanol–water partition coefficient (Wildman–Crippen LogP) is 2.42. The molecule has 0 saturated carbocycles. The summed E-state index contributed by atoms with van der Waals surface area (Å²) in [5.41, 5.74) is 0. The molecule has 14 heavy (non-hydrogen) atoms. The summed E-state index contributed by atoms with van der Waals surface area (Å²) in [7, 11) is -2.51. The highest BCUT2D eigenvalue weighted by Crippen LogP contribution is 2.43. The molecule has 1 aromatic rings. The van der Waals surface area contributed by atoms with Crippen molar-refractivity contribution in [3.05, 3.63) is 30.3 Å². The van der Waals surface area contributed by atoms with E-state index < -0.39 is 7.14 Å². The van der Waals surface area contributed by atoms with Crippen LogP contribution < -0.4 is 5.30 Å². The molecule has 0 aliphatic carbocycles. The SMILES string of the molecule is CCCCP(=O)(CO)c1ccccc1. The molecule has 3 heteroatoms. The van der Waals surface area contributed by atoms with Crippen LogP contribution in [0.1, 0.15) is 19.8 Å². The molecule has 0 aromatic heterocycles. The summed E-state index contributed by atoms with van der Waals surface area (Å²) >= 11 is 0. The maximum Gasteiger partial charge on any atom is 0.139 e. The van der Waals surface area contributed by atoms with Crippen LogP contribution >= 0.6 is 7.14 Å². The Morgan fingerprint density at radius 2 is 1.93 bits per heavy atom. The Bertz CT molecular complexity index is 308. The number of unbranched alkanes of at least 4 members (excludes halogenated alkanes) is 1. The molecular formula is C11H17O2P. The average Bonchev–Trinajstić information content (AvgIpc) is 2.27. The van der Waals surface area contributed by atoms with Crippen LogP contribution in [0.15, 0.2) is 30.3 Å². The number of rotatable bonds is 5. The lowest BCUT2D eigenvalue weighted by atomic mass is 10.4. The summed E-state index contributed by atoms with van der Waals surface area (Å²) in [6, 6.07) is 9.30. The minimum absolute atomic E-state index is 0.211. The van der Waals surface area contributed by atoms with Gasteiger partial charge in [0.2, 0.25) is 0 Å². The first kappa shape index (κ1) is 11.5. The van der Waals surface area contributed by atoms with E-state index >= 15 is 0 Å². The minimum atomic E-state index is -2.51. The average molecular weight is 212 g/mol. The molecule has 1 rings (SSSR count). The highest BCUT2D eigenvalue weighted by atomic mass is 31.2. The van der Waals surface area contributed by atoms with Gasteiger partial charge in [0.15, 0.2) is 0 Å². The van der Waals surface area contributed by atoms with Gasteiger partial charge in [-0.3, -0.25) is 0 Å². The lowest BCUT2D eigenvalue weighted by Gasteiger charge is -2.15. The van der Waals surface area contributed by atoms with E-state index in [0.717, 1.165) is 18.1 Å². The third kappa shape index (κ3) is 2.70. The summed E-state index contributed by atoms with van der Waals surface area (Å²) in [6.45, 7) is 2.06. The lowest BCUT2D eigenvalue weighted by molar-refractivity contribution is 0.359. The van der Waals surface area contributed by atoms with Crippen LogP contribution in [0, 0.1) is 0 Å². The largest absolute Gasteiger partial charge is 0.388 e. The van der Waals surface area contributed by atoms with E-state index in [1.54, 1.807) is 0 Å². The Kier molecular flexibility index (Phi) is 4.37. The minimum Gasteiger partial charge on any atom is -0.388 e. The number of benzene rings is 1. The first-order chi connectivity index (χ1) is 6.73. The van der Waals surface area contributed by atoms with Crippen molar-refractivity contribution in [2.45, 2.75) is 19.8 Å². The Balaban J connectivity index is 2.85. The van der Waals surface area contributed by atoms with Crippen molar-refractivity contribution < 1.29 is 9.67 Å². The van der Waals surface area contributed by atoms with E-state index in [-0.39, 0.29) is 6.35 Å². The zero-order valence-corrected chi connectivity index (χ0v) is 9.41. The van der Waals surface area contributed by atoms with Gasteiger partial charge in [-0.1, -0.05) is 43.7 Å². The summed E-state index contributed by atoms with van der Waals surface area (Å²) < 4.78 is 12.3. The van der Waals surface area contributed by atoms with E-state index in [4.69, 9.17) is 0 Å². The molecule has 0 heterocycles. The molecule has 0 amide bonds. The molecule has 0 radical (unpaired) electrons. The number of aliphatic hydroxyl groups is 1. The number of hydrogen-bond acceptors (Lipinski definition) is 2. The molecule has 1 atom stereocenters. The van der Waals surface area contributed by atoms with Gasteiger partial charge in [0, 0.05) is 11.5 Å². The van der Waals surface area contributed by atoms with Crippen molar-refractivity contribution in [2.75, 3.05) is 12.5 Å². The van der Waals surface area contributed by atoms with E-state index in [2.05, 4.69) is 6.92 Å². The Hall–Kier alpha value is -0.590. The van der Waals surface area contributed by atoms with Crippen LogP contribution in [-0.2, 0) is 4.57 Å². The fraction of sp³-hybridized carbons (Fsp3) is 0.455. The van der Waals surface area contributed by atoms with E-state index in [9.17, 15) is 9.67 Å². The topological polar surface area (TPSA) is 37.3 Å². The van der Waals surface area contributed by atoms with Crippen LogP contribution in [0.2, 0.25) is 0 Å². The van der Waals surface area contributed by atoms with Crippen molar-refractivity contribution in [3.8, 4) is 0 Å². The van der Waals surface area contributed by atoms with Gasteiger partial charge >= 0.3 is 0 Å². The van der Waals surface area contributed by atoms with E-state index in [1.165, 1.54) is 0 Å². The first-order valence-corrected chi connectivity index (χ1v) is 7.05. The summed E-state index contributed by atoms with van der Waals surface area (Å²) in [4.78, 5) is 0. The smallest absolute Gasteiger partial charge is 0.139 e. The normalized spacial score (nSPS) is 15.0. The van der Waals surface area contributed by atoms with Crippen LogP contribution in [0.25, 0.3) is 0 Å². The van der Waals surface area contributed by atoms with Crippen molar-refractivity contribution in [1.29, 1.82) is 0 Å². The van der Waals surface area contributed by atoms with Crippen LogP contribution in [0.3, 0.4) is 0 Å². The van der Waals surface area contributed by atoms with Gasteiger partial charge in [-0.05, 0) is 6.42 Å². The van der Waals surface area contributed by atoms with Gasteiger partial charge in [-0.15, -0.1) is 0 Å². The second kappa shape index (κ2) is 5.33.